The molecule has 1 aromatic rings. The maximum Gasteiger partial charge on any atom is 0.233 e. The fourth-order valence-electron chi connectivity index (χ4n) is 4.72. The van der Waals surface area contributed by atoms with E-state index in [4.69, 9.17) is 0 Å². The number of nitriles is 1. The van der Waals surface area contributed by atoms with Gasteiger partial charge in [-0.2, -0.15) is 5.26 Å². The Labute approximate surface area is 170 Å². The topological polar surface area (TPSA) is 97.6 Å². The fraction of sp³-hybridized carbons (Fsp3) is 0.571. The molecule has 0 aromatic carbocycles. The Hall–Kier alpha value is -2.95. The van der Waals surface area contributed by atoms with E-state index in [1.165, 1.54) is 4.90 Å². The molecule has 2 saturated heterocycles. The van der Waals surface area contributed by atoms with Crippen molar-refractivity contribution in [3.05, 3.63) is 23.9 Å². The summed E-state index contributed by atoms with van der Waals surface area (Å²) in [5, 5.41) is 9.24. The molecular weight excluding hydrogens is 370 g/mol. The summed E-state index contributed by atoms with van der Waals surface area (Å²) < 4.78 is 0. The van der Waals surface area contributed by atoms with E-state index in [1.54, 1.807) is 23.2 Å². The molecule has 3 fully saturated rings. The van der Waals surface area contributed by atoms with Gasteiger partial charge in [0.25, 0.3) is 0 Å². The quantitative estimate of drug-likeness (QED) is 0.710. The van der Waals surface area contributed by atoms with Crippen LogP contribution in [0.5, 0.6) is 0 Å². The third-order valence-electron chi connectivity index (χ3n) is 6.32. The Morgan fingerprint density at radius 1 is 1.10 bits per heavy atom. The highest BCUT2D eigenvalue weighted by Crippen LogP contribution is 2.38. The second-order valence-corrected chi connectivity index (χ2v) is 7.93. The third-order valence-corrected chi connectivity index (χ3v) is 6.32. The largest absolute Gasteiger partial charge is 0.352 e. The molecule has 3 heterocycles. The van der Waals surface area contributed by atoms with Crippen molar-refractivity contribution in [3.8, 4) is 6.07 Å². The van der Waals surface area contributed by atoms with Crippen LogP contribution in [0.25, 0.3) is 0 Å². The van der Waals surface area contributed by atoms with E-state index in [9.17, 15) is 19.6 Å². The number of aromatic nitrogens is 1. The van der Waals surface area contributed by atoms with E-state index in [-0.39, 0.29) is 42.5 Å². The summed E-state index contributed by atoms with van der Waals surface area (Å²) in [5.74, 6) is 0.109. The van der Waals surface area contributed by atoms with Crippen molar-refractivity contribution < 1.29 is 14.4 Å². The number of pyridine rings is 1. The average molecular weight is 395 g/mol. The van der Waals surface area contributed by atoms with Gasteiger partial charge in [-0.3, -0.25) is 19.3 Å². The number of likely N-dealkylation sites (tertiary alicyclic amines) is 1. The van der Waals surface area contributed by atoms with Gasteiger partial charge in [0.05, 0.1) is 17.4 Å². The number of fused-ring (bicyclic) bond motifs is 1. The highest BCUT2D eigenvalue weighted by molar-refractivity contribution is 6.05. The number of anilines is 1. The molecule has 1 aromatic heterocycles. The second-order valence-electron chi connectivity index (χ2n) is 7.93. The molecule has 0 spiro atoms. The summed E-state index contributed by atoms with van der Waals surface area (Å²) in [6.07, 6.45) is 5.42. The van der Waals surface area contributed by atoms with Crippen molar-refractivity contribution in [2.75, 3.05) is 37.6 Å². The molecule has 3 amide bonds. The monoisotopic (exact) mass is 395 g/mol. The number of amides is 3. The van der Waals surface area contributed by atoms with Crippen molar-refractivity contribution >= 4 is 23.5 Å². The minimum absolute atomic E-state index is 0.0401. The van der Waals surface area contributed by atoms with Gasteiger partial charge in [-0.1, -0.05) is 12.8 Å². The number of carbonyl (C=O) groups excluding carboxylic acids is 3. The van der Waals surface area contributed by atoms with E-state index in [0.29, 0.717) is 37.6 Å². The summed E-state index contributed by atoms with van der Waals surface area (Å²) in [4.78, 5) is 47.1. The van der Waals surface area contributed by atoms with E-state index in [1.807, 2.05) is 4.90 Å². The lowest BCUT2D eigenvalue weighted by Crippen LogP contribution is -2.49. The maximum absolute atomic E-state index is 12.6. The van der Waals surface area contributed by atoms with Crippen LogP contribution in [0.2, 0.25) is 0 Å². The predicted molar refractivity (Wildman–Crippen MR) is 105 cm³/mol. The van der Waals surface area contributed by atoms with Gasteiger partial charge in [0.15, 0.2) is 0 Å². The lowest BCUT2D eigenvalue weighted by Gasteiger charge is -2.36. The minimum atomic E-state index is -0.164. The van der Waals surface area contributed by atoms with Crippen LogP contribution in [0.3, 0.4) is 0 Å². The first-order chi connectivity index (χ1) is 14.1. The van der Waals surface area contributed by atoms with E-state index < -0.39 is 0 Å². The van der Waals surface area contributed by atoms with E-state index in [0.717, 1.165) is 25.7 Å². The van der Waals surface area contributed by atoms with Crippen LogP contribution in [-0.4, -0.2) is 65.2 Å². The van der Waals surface area contributed by atoms with Crippen molar-refractivity contribution in [3.63, 3.8) is 0 Å². The standard InChI is InChI=1S/C21H25N5O3/c22-14-15-4-3-8-23-19(15)25-12-10-24(11-13-25)18(27)7-9-26-20(28)16-5-1-2-6-17(16)21(26)29/h3-4,8,16-17H,1-2,5-7,9-13H2. The normalized spacial score (nSPS) is 24.4. The zero-order valence-corrected chi connectivity index (χ0v) is 16.4. The molecule has 4 rings (SSSR count). The zero-order valence-electron chi connectivity index (χ0n) is 16.4. The zero-order chi connectivity index (χ0) is 20.4. The molecule has 0 bridgehead atoms. The Morgan fingerprint density at radius 2 is 1.76 bits per heavy atom. The number of carbonyl (C=O) groups is 3. The molecule has 8 nitrogen and oxygen atoms in total. The first kappa shape index (κ1) is 19.4. The fourth-order valence-corrected chi connectivity index (χ4v) is 4.72. The van der Waals surface area contributed by atoms with Gasteiger partial charge < -0.3 is 9.80 Å². The molecule has 3 aliphatic rings. The molecule has 2 atom stereocenters. The first-order valence-corrected chi connectivity index (χ1v) is 10.3. The van der Waals surface area contributed by atoms with E-state index in [2.05, 4.69) is 11.1 Å². The minimum Gasteiger partial charge on any atom is -0.352 e. The first-order valence-electron chi connectivity index (χ1n) is 10.3. The van der Waals surface area contributed by atoms with Crippen LogP contribution in [0.15, 0.2) is 18.3 Å². The third kappa shape index (κ3) is 3.69. The molecule has 29 heavy (non-hydrogen) atoms. The predicted octanol–water partition coefficient (Wildman–Crippen LogP) is 1.17. The average Bonchev–Trinajstić information content (AvgIpc) is 3.02. The smallest absolute Gasteiger partial charge is 0.233 e. The lowest BCUT2D eigenvalue weighted by atomic mass is 9.81. The van der Waals surface area contributed by atoms with Crippen LogP contribution in [0.1, 0.15) is 37.7 Å². The van der Waals surface area contributed by atoms with Gasteiger partial charge >= 0.3 is 0 Å². The van der Waals surface area contributed by atoms with E-state index >= 15 is 0 Å². The van der Waals surface area contributed by atoms with Gasteiger partial charge in [0.1, 0.15) is 11.9 Å². The molecule has 1 aliphatic carbocycles. The van der Waals surface area contributed by atoms with Gasteiger partial charge in [0, 0.05) is 45.3 Å². The molecule has 2 aliphatic heterocycles. The summed E-state index contributed by atoms with van der Waals surface area (Å²) in [6.45, 7) is 2.45. The molecule has 2 unspecified atom stereocenters. The Morgan fingerprint density at radius 3 is 2.38 bits per heavy atom. The Kier molecular flexibility index (Phi) is 5.47. The Balaban J connectivity index is 1.30. The number of imide groups is 1. The number of hydrogen-bond donors (Lipinski definition) is 0. The second kappa shape index (κ2) is 8.19. The van der Waals surface area contributed by atoms with Gasteiger partial charge in [0.2, 0.25) is 17.7 Å². The van der Waals surface area contributed by atoms with Crippen LogP contribution >= 0.6 is 0 Å². The van der Waals surface area contributed by atoms with Crippen LogP contribution in [0.4, 0.5) is 5.82 Å². The van der Waals surface area contributed by atoms with Crippen LogP contribution in [0, 0.1) is 23.2 Å². The summed E-state index contributed by atoms with van der Waals surface area (Å²) in [5.41, 5.74) is 0.528. The molecule has 0 radical (unpaired) electrons. The summed E-state index contributed by atoms with van der Waals surface area (Å²) >= 11 is 0. The van der Waals surface area contributed by atoms with Gasteiger partial charge in [-0.05, 0) is 25.0 Å². The van der Waals surface area contributed by atoms with Crippen LogP contribution in [-0.2, 0) is 14.4 Å². The summed E-state index contributed by atoms with van der Waals surface area (Å²) in [7, 11) is 0. The maximum atomic E-state index is 12.6. The number of piperazine rings is 1. The highest BCUT2D eigenvalue weighted by atomic mass is 16.2. The number of rotatable bonds is 4. The van der Waals surface area contributed by atoms with Gasteiger partial charge in [-0.15, -0.1) is 0 Å². The molecule has 8 heteroatoms. The van der Waals surface area contributed by atoms with Crippen molar-refractivity contribution in [2.45, 2.75) is 32.1 Å². The lowest BCUT2D eigenvalue weighted by molar-refractivity contribution is -0.140. The molecule has 1 saturated carbocycles. The Bertz CT molecular complexity index is 832. The molecular formula is C21H25N5O3. The van der Waals surface area contributed by atoms with Gasteiger partial charge in [-0.25, -0.2) is 4.98 Å². The van der Waals surface area contributed by atoms with Crippen LogP contribution < -0.4 is 4.90 Å². The SMILES string of the molecule is N#Cc1cccnc1N1CCN(C(=O)CCN2C(=O)C3CCCCC3C2=O)CC1. The highest BCUT2D eigenvalue weighted by Gasteiger charge is 2.47. The van der Waals surface area contributed by atoms with Crippen molar-refractivity contribution in [1.82, 2.24) is 14.8 Å². The number of nitrogens with zero attached hydrogens (tertiary/aromatic N) is 5. The van der Waals surface area contributed by atoms with Crippen molar-refractivity contribution in [1.29, 1.82) is 5.26 Å². The molecule has 152 valence electrons. The van der Waals surface area contributed by atoms with Crippen molar-refractivity contribution in [2.24, 2.45) is 11.8 Å². The summed E-state index contributed by atoms with van der Waals surface area (Å²) in [6, 6.07) is 5.63. The number of hydrogen-bond acceptors (Lipinski definition) is 6. The molecule has 0 N–H and O–H groups in total.